The number of hydrogen-bond donors (Lipinski definition) is 1. The Balaban J connectivity index is 2.09. The maximum atomic E-state index is 4.43. The summed E-state index contributed by atoms with van der Waals surface area (Å²) in [6, 6.07) is 7.15. The molecule has 0 radical (unpaired) electrons. The van der Waals surface area contributed by atoms with Crippen LogP contribution in [0.15, 0.2) is 24.4 Å². The molecule has 1 fully saturated rings. The average Bonchev–Trinajstić information content (AvgIpc) is 2.30. The van der Waals surface area contributed by atoms with Gasteiger partial charge in [-0.1, -0.05) is 6.07 Å². The molecule has 1 aromatic rings. The lowest BCUT2D eigenvalue weighted by Crippen LogP contribution is -2.50. The highest BCUT2D eigenvalue weighted by molar-refractivity contribution is 5.08. The number of rotatable bonds is 2. The van der Waals surface area contributed by atoms with Gasteiger partial charge in [-0.2, -0.15) is 0 Å². The van der Waals surface area contributed by atoms with Crippen LogP contribution in [0.5, 0.6) is 0 Å². The summed E-state index contributed by atoms with van der Waals surface area (Å²) in [5, 5.41) is 3.41. The standard InChI is InChI=1S/C12H19N3/c1-10-9-13-7-8-15(10)11(2)12-5-3-4-6-14-12/h3-6,10-11,13H,7-9H2,1-2H3/t10-,11-/m0/s1. The third kappa shape index (κ3) is 2.36. The molecule has 0 saturated carbocycles. The van der Waals surface area contributed by atoms with Crippen LogP contribution >= 0.6 is 0 Å². The van der Waals surface area contributed by atoms with Crippen molar-refractivity contribution >= 4 is 0 Å². The van der Waals surface area contributed by atoms with Crippen LogP contribution in [0.3, 0.4) is 0 Å². The predicted octanol–water partition coefficient (Wildman–Crippen LogP) is 1.44. The van der Waals surface area contributed by atoms with Crippen molar-refractivity contribution in [3.8, 4) is 0 Å². The second kappa shape index (κ2) is 4.73. The second-order valence-corrected chi connectivity index (χ2v) is 4.22. The third-order valence-corrected chi connectivity index (χ3v) is 3.17. The van der Waals surface area contributed by atoms with Crippen LogP contribution in [0, 0.1) is 0 Å². The van der Waals surface area contributed by atoms with E-state index in [1.165, 1.54) is 5.69 Å². The SMILES string of the molecule is C[C@H]1CNCCN1[C@@H](C)c1ccccn1. The summed E-state index contributed by atoms with van der Waals surface area (Å²) in [6.45, 7) is 7.79. The normalized spacial score (nSPS) is 25.1. The molecule has 0 unspecified atom stereocenters. The van der Waals surface area contributed by atoms with Gasteiger partial charge in [0.1, 0.15) is 0 Å². The number of aromatic nitrogens is 1. The van der Waals surface area contributed by atoms with Gasteiger partial charge in [0.05, 0.1) is 5.69 Å². The van der Waals surface area contributed by atoms with Gasteiger partial charge in [0.25, 0.3) is 0 Å². The molecule has 0 amide bonds. The zero-order valence-corrected chi connectivity index (χ0v) is 9.48. The molecular weight excluding hydrogens is 186 g/mol. The number of hydrogen-bond acceptors (Lipinski definition) is 3. The van der Waals surface area contributed by atoms with E-state index in [9.17, 15) is 0 Å². The van der Waals surface area contributed by atoms with Crippen LogP contribution in [0.2, 0.25) is 0 Å². The third-order valence-electron chi connectivity index (χ3n) is 3.17. The molecule has 3 nitrogen and oxygen atoms in total. The molecule has 0 aliphatic carbocycles. The van der Waals surface area contributed by atoms with Gasteiger partial charge in [0.15, 0.2) is 0 Å². The first kappa shape index (κ1) is 10.6. The van der Waals surface area contributed by atoms with Crippen molar-refractivity contribution in [3.63, 3.8) is 0 Å². The number of piperazine rings is 1. The monoisotopic (exact) mass is 205 g/mol. The fraction of sp³-hybridized carbons (Fsp3) is 0.583. The van der Waals surface area contributed by atoms with Crippen molar-refractivity contribution in [3.05, 3.63) is 30.1 Å². The van der Waals surface area contributed by atoms with E-state index in [2.05, 4.69) is 41.2 Å². The van der Waals surface area contributed by atoms with Gasteiger partial charge in [0.2, 0.25) is 0 Å². The Kier molecular flexibility index (Phi) is 3.34. The summed E-state index contributed by atoms with van der Waals surface area (Å²) in [4.78, 5) is 6.94. The Morgan fingerprint density at radius 2 is 2.40 bits per heavy atom. The summed E-state index contributed by atoms with van der Waals surface area (Å²) in [5.74, 6) is 0. The van der Waals surface area contributed by atoms with Crippen molar-refractivity contribution < 1.29 is 0 Å². The first-order chi connectivity index (χ1) is 7.29. The van der Waals surface area contributed by atoms with Gasteiger partial charge in [-0.3, -0.25) is 9.88 Å². The van der Waals surface area contributed by atoms with Gasteiger partial charge in [0, 0.05) is 37.9 Å². The Labute approximate surface area is 91.5 Å². The van der Waals surface area contributed by atoms with E-state index in [0.29, 0.717) is 12.1 Å². The summed E-state index contributed by atoms with van der Waals surface area (Å²) < 4.78 is 0. The highest BCUT2D eigenvalue weighted by atomic mass is 15.2. The molecule has 2 rings (SSSR count). The second-order valence-electron chi connectivity index (χ2n) is 4.22. The summed E-state index contributed by atoms with van der Waals surface area (Å²) >= 11 is 0. The van der Waals surface area contributed by atoms with E-state index in [0.717, 1.165) is 19.6 Å². The summed E-state index contributed by atoms with van der Waals surface area (Å²) in [7, 11) is 0. The van der Waals surface area contributed by atoms with Crippen molar-refractivity contribution in [2.45, 2.75) is 25.9 Å². The first-order valence-corrected chi connectivity index (χ1v) is 5.66. The molecular formula is C12H19N3. The number of nitrogens with one attached hydrogen (secondary N) is 1. The van der Waals surface area contributed by atoms with Crippen LogP contribution < -0.4 is 5.32 Å². The molecule has 2 heterocycles. The Morgan fingerprint density at radius 1 is 1.53 bits per heavy atom. The van der Waals surface area contributed by atoms with Crippen molar-refractivity contribution in [2.24, 2.45) is 0 Å². The van der Waals surface area contributed by atoms with Crippen LogP contribution in [0.4, 0.5) is 0 Å². The molecule has 0 bridgehead atoms. The predicted molar refractivity (Wildman–Crippen MR) is 61.7 cm³/mol. The van der Waals surface area contributed by atoms with Gasteiger partial charge in [-0.25, -0.2) is 0 Å². The van der Waals surface area contributed by atoms with Gasteiger partial charge >= 0.3 is 0 Å². The zero-order valence-electron chi connectivity index (χ0n) is 9.48. The zero-order chi connectivity index (χ0) is 10.7. The van der Waals surface area contributed by atoms with Crippen molar-refractivity contribution in [1.82, 2.24) is 15.2 Å². The lowest BCUT2D eigenvalue weighted by molar-refractivity contribution is 0.123. The Morgan fingerprint density at radius 3 is 3.07 bits per heavy atom. The van der Waals surface area contributed by atoms with Gasteiger partial charge < -0.3 is 5.32 Å². The first-order valence-electron chi connectivity index (χ1n) is 5.66. The molecule has 82 valence electrons. The molecule has 0 aromatic carbocycles. The largest absolute Gasteiger partial charge is 0.314 e. The minimum atomic E-state index is 0.420. The van der Waals surface area contributed by atoms with Crippen LogP contribution in [0.1, 0.15) is 25.6 Å². The van der Waals surface area contributed by atoms with Crippen molar-refractivity contribution in [2.75, 3.05) is 19.6 Å². The molecule has 0 spiro atoms. The van der Waals surface area contributed by atoms with E-state index in [1.807, 2.05) is 12.3 Å². The highest BCUT2D eigenvalue weighted by Crippen LogP contribution is 2.20. The molecule has 2 atom stereocenters. The maximum Gasteiger partial charge on any atom is 0.0572 e. The molecule has 1 aromatic heterocycles. The minimum Gasteiger partial charge on any atom is -0.314 e. The van der Waals surface area contributed by atoms with E-state index in [1.54, 1.807) is 0 Å². The molecule has 1 saturated heterocycles. The maximum absolute atomic E-state index is 4.43. The molecule has 1 aliphatic heterocycles. The smallest absolute Gasteiger partial charge is 0.0572 e. The van der Waals surface area contributed by atoms with Gasteiger partial charge in [-0.05, 0) is 26.0 Å². The fourth-order valence-corrected chi connectivity index (χ4v) is 2.23. The molecule has 1 aliphatic rings. The number of pyridine rings is 1. The van der Waals surface area contributed by atoms with E-state index >= 15 is 0 Å². The average molecular weight is 205 g/mol. The minimum absolute atomic E-state index is 0.420. The van der Waals surface area contributed by atoms with Gasteiger partial charge in [-0.15, -0.1) is 0 Å². The van der Waals surface area contributed by atoms with Crippen LogP contribution in [0.25, 0.3) is 0 Å². The van der Waals surface area contributed by atoms with E-state index in [4.69, 9.17) is 0 Å². The number of nitrogens with zero attached hydrogens (tertiary/aromatic N) is 2. The van der Waals surface area contributed by atoms with Crippen LogP contribution in [-0.2, 0) is 0 Å². The lowest BCUT2D eigenvalue weighted by atomic mass is 10.1. The van der Waals surface area contributed by atoms with E-state index < -0.39 is 0 Å². The fourth-order valence-electron chi connectivity index (χ4n) is 2.23. The molecule has 3 heteroatoms. The molecule has 15 heavy (non-hydrogen) atoms. The quantitative estimate of drug-likeness (QED) is 0.792. The summed E-state index contributed by atoms with van der Waals surface area (Å²) in [5.41, 5.74) is 1.17. The lowest BCUT2D eigenvalue weighted by Gasteiger charge is -2.38. The van der Waals surface area contributed by atoms with Crippen molar-refractivity contribution in [1.29, 1.82) is 0 Å². The topological polar surface area (TPSA) is 28.2 Å². The van der Waals surface area contributed by atoms with Crippen LogP contribution in [-0.4, -0.2) is 35.6 Å². The Hall–Kier alpha value is -0.930. The highest BCUT2D eigenvalue weighted by Gasteiger charge is 2.24. The summed E-state index contributed by atoms with van der Waals surface area (Å²) in [6.07, 6.45) is 1.87. The van der Waals surface area contributed by atoms with E-state index in [-0.39, 0.29) is 0 Å². The Bertz CT molecular complexity index is 299. The molecule has 1 N–H and O–H groups in total.